The van der Waals surface area contributed by atoms with Crippen LogP contribution in [0.4, 0.5) is 5.69 Å². The molecule has 0 saturated carbocycles. The minimum absolute atomic E-state index is 0.172. The molecule has 1 unspecified atom stereocenters. The molecule has 0 aliphatic carbocycles. The quantitative estimate of drug-likeness (QED) is 0.837. The summed E-state index contributed by atoms with van der Waals surface area (Å²) in [6.07, 6.45) is 0.608. The second kappa shape index (κ2) is 5.29. The molecular formula is C19H29NO2. The topological polar surface area (TPSA) is 40.5 Å². The van der Waals surface area contributed by atoms with Gasteiger partial charge >= 0.3 is 0 Å². The van der Waals surface area contributed by atoms with Crippen LogP contribution in [-0.2, 0) is 15.6 Å². The van der Waals surface area contributed by atoms with Gasteiger partial charge in [-0.2, -0.15) is 0 Å². The fourth-order valence-electron chi connectivity index (χ4n) is 3.05. The molecule has 1 aliphatic rings. The third-order valence-corrected chi connectivity index (χ3v) is 4.34. The van der Waals surface area contributed by atoms with Crippen molar-refractivity contribution in [3.8, 4) is 5.75 Å². The van der Waals surface area contributed by atoms with Gasteiger partial charge in [-0.1, -0.05) is 48.5 Å². The lowest BCUT2D eigenvalue weighted by atomic mass is 9.79. The second-order valence-electron chi connectivity index (χ2n) is 8.70. The largest absolute Gasteiger partial charge is 0.507 e. The fourth-order valence-corrected chi connectivity index (χ4v) is 3.05. The lowest BCUT2D eigenvalue weighted by Gasteiger charge is -2.30. The minimum Gasteiger partial charge on any atom is -0.507 e. The van der Waals surface area contributed by atoms with Gasteiger partial charge in [0.2, 0.25) is 5.91 Å². The number of hydrogen-bond acceptors (Lipinski definition) is 2. The van der Waals surface area contributed by atoms with Crippen LogP contribution >= 0.6 is 0 Å². The standard InChI is InChI=1S/C19H29NO2/c1-12-8-16(21)20(11-12)13-9-14(18(2,3)4)17(22)15(10-13)19(5,6)7/h9-10,12,22H,8,11H2,1-7H3. The van der Waals surface area contributed by atoms with Crippen molar-refractivity contribution in [2.24, 2.45) is 5.92 Å². The summed E-state index contributed by atoms with van der Waals surface area (Å²) >= 11 is 0. The van der Waals surface area contributed by atoms with Crippen molar-refractivity contribution in [3.63, 3.8) is 0 Å². The third kappa shape index (κ3) is 3.13. The zero-order valence-electron chi connectivity index (χ0n) is 14.9. The smallest absolute Gasteiger partial charge is 0.227 e. The number of anilines is 1. The van der Waals surface area contributed by atoms with Crippen molar-refractivity contribution in [1.29, 1.82) is 0 Å². The van der Waals surface area contributed by atoms with Crippen molar-refractivity contribution in [2.45, 2.75) is 65.7 Å². The van der Waals surface area contributed by atoms with Crippen molar-refractivity contribution in [3.05, 3.63) is 23.3 Å². The molecule has 0 radical (unpaired) electrons. The molecule has 122 valence electrons. The Morgan fingerprint density at radius 2 is 1.50 bits per heavy atom. The zero-order valence-corrected chi connectivity index (χ0v) is 14.9. The number of phenols is 1. The van der Waals surface area contributed by atoms with Gasteiger partial charge in [0.1, 0.15) is 5.75 Å². The Morgan fingerprint density at radius 3 is 1.82 bits per heavy atom. The zero-order chi connectivity index (χ0) is 16.9. The molecule has 1 saturated heterocycles. The van der Waals surface area contributed by atoms with Crippen LogP contribution in [0.25, 0.3) is 0 Å². The molecule has 1 aliphatic heterocycles. The van der Waals surface area contributed by atoms with E-state index in [2.05, 4.69) is 48.5 Å². The van der Waals surface area contributed by atoms with Crippen LogP contribution < -0.4 is 4.90 Å². The molecule has 1 amide bonds. The van der Waals surface area contributed by atoms with Gasteiger partial charge < -0.3 is 10.0 Å². The molecule has 22 heavy (non-hydrogen) atoms. The average molecular weight is 303 g/mol. The number of phenolic OH excluding ortho intramolecular Hbond substituents is 1. The highest BCUT2D eigenvalue weighted by Gasteiger charge is 2.32. The summed E-state index contributed by atoms with van der Waals surface area (Å²) in [4.78, 5) is 14.1. The van der Waals surface area contributed by atoms with Crippen molar-refractivity contribution >= 4 is 11.6 Å². The van der Waals surface area contributed by atoms with E-state index in [0.29, 0.717) is 18.1 Å². The predicted octanol–water partition coefficient (Wildman–Crippen LogP) is 4.36. The molecule has 3 nitrogen and oxygen atoms in total. The maximum absolute atomic E-state index is 12.3. The maximum atomic E-state index is 12.3. The summed E-state index contributed by atoms with van der Waals surface area (Å²) in [5, 5.41) is 10.7. The summed E-state index contributed by atoms with van der Waals surface area (Å²) in [5.74, 6) is 0.929. The first-order chi connectivity index (χ1) is 9.91. The van der Waals surface area contributed by atoms with Crippen LogP contribution in [0.15, 0.2) is 12.1 Å². The molecular weight excluding hydrogens is 274 g/mol. The lowest BCUT2D eigenvalue weighted by Crippen LogP contribution is -2.26. The molecule has 0 bridgehead atoms. The van der Waals surface area contributed by atoms with Crippen LogP contribution in [0.5, 0.6) is 5.75 Å². The van der Waals surface area contributed by atoms with E-state index in [0.717, 1.165) is 23.4 Å². The number of nitrogens with zero attached hydrogens (tertiary/aromatic N) is 1. The Labute approximate surface area is 134 Å². The van der Waals surface area contributed by atoms with E-state index >= 15 is 0 Å². The van der Waals surface area contributed by atoms with E-state index in [-0.39, 0.29) is 16.7 Å². The Balaban J connectivity index is 2.63. The molecule has 2 rings (SSSR count). The van der Waals surface area contributed by atoms with Crippen LogP contribution in [-0.4, -0.2) is 17.6 Å². The van der Waals surface area contributed by atoms with Crippen LogP contribution in [0, 0.1) is 5.92 Å². The van der Waals surface area contributed by atoms with E-state index in [4.69, 9.17) is 0 Å². The molecule has 0 aromatic heterocycles. The number of amides is 1. The number of hydrogen-bond donors (Lipinski definition) is 1. The first kappa shape index (κ1) is 16.9. The Bertz CT molecular complexity index is 555. The van der Waals surface area contributed by atoms with E-state index < -0.39 is 0 Å². The highest BCUT2D eigenvalue weighted by Crippen LogP contribution is 2.42. The average Bonchev–Trinajstić information content (AvgIpc) is 2.65. The van der Waals surface area contributed by atoms with E-state index in [1.807, 2.05) is 17.0 Å². The molecule has 1 aromatic rings. The minimum atomic E-state index is -0.172. The Morgan fingerprint density at radius 1 is 1.05 bits per heavy atom. The Kier molecular flexibility index (Phi) is 4.05. The number of benzene rings is 1. The number of rotatable bonds is 1. The van der Waals surface area contributed by atoms with Crippen LogP contribution in [0.3, 0.4) is 0 Å². The van der Waals surface area contributed by atoms with Crippen molar-refractivity contribution in [2.75, 3.05) is 11.4 Å². The molecule has 1 atom stereocenters. The summed E-state index contributed by atoms with van der Waals surface area (Å²) < 4.78 is 0. The summed E-state index contributed by atoms with van der Waals surface area (Å²) in [6.45, 7) is 15.4. The molecule has 3 heteroatoms. The third-order valence-electron chi connectivity index (χ3n) is 4.34. The molecule has 1 heterocycles. The van der Waals surface area contributed by atoms with Gasteiger partial charge in [0.05, 0.1) is 0 Å². The monoisotopic (exact) mass is 303 g/mol. The van der Waals surface area contributed by atoms with E-state index in [9.17, 15) is 9.90 Å². The summed E-state index contributed by atoms with van der Waals surface area (Å²) in [7, 11) is 0. The highest BCUT2D eigenvalue weighted by atomic mass is 16.3. The van der Waals surface area contributed by atoms with Crippen molar-refractivity contribution in [1.82, 2.24) is 0 Å². The number of carbonyl (C=O) groups is 1. The van der Waals surface area contributed by atoms with Gasteiger partial charge in [0.25, 0.3) is 0 Å². The van der Waals surface area contributed by atoms with E-state index in [1.165, 1.54) is 0 Å². The molecule has 1 fully saturated rings. The van der Waals surface area contributed by atoms with Crippen LogP contribution in [0.2, 0.25) is 0 Å². The van der Waals surface area contributed by atoms with Gasteiger partial charge in [-0.3, -0.25) is 4.79 Å². The maximum Gasteiger partial charge on any atom is 0.227 e. The van der Waals surface area contributed by atoms with Gasteiger partial charge in [0, 0.05) is 29.8 Å². The SMILES string of the molecule is CC1CC(=O)N(c2cc(C(C)(C)C)c(O)c(C(C)(C)C)c2)C1. The van der Waals surface area contributed by atoms with E-state index in [1.54, 1.807) is 0 Å². The Hall–Kier alpha value is -1.51. The van der Waals surface area contributed by atoms with Crippen molar-refractivity contribution < 1.29 is 9.90 Å². The normalized spacial score (nSPS) is 19.9. The second-order valence-corrected chi connectivity index (χ2v) is 8.70. The predicted molar refractivity (Wildman–Crippen MR) is 91.6 cm³/mol. The number of carbonyl (C=O) groups excluding carboxylic acids is 1. The molecule has 1 aromatic carbocycles. The van der Waals surface area contributed by atoms with Gasteiger partial charge in [-0.05, 0) is 28.9 Å². The lowest BCUT2D eigenvalue weighted by molar-refractivity contribution is -0.117. The molecule has 0 spiro atoms. The van der Waals surface area contributed by atoms with Crippen LogP contribution in [0.1, 0.15) is 66.0 Å². The van der Waals surface area contributed by atoms with Gasteiger partial charge in [-0.15, -0.1) is 0 Å². The summed E-state index contributed by atoms with van der Waals surface area (Å²) in [5.41, 5.74) is 2.38. The number of aromatic hydroxyl groups is 1. The summed E-state index contributed by atoms with van der Waals surface area (Å²) in [6, 6.07) is 3.97. The first-order valence-electron chi connectivity index (χ1n) is 8.09. The first-order valence-corrected chi connectivity index (χ1v) is 8.09. The van der Waals surface area contributed by atoms with Gasteiger partial charge in [-0.25, -0.2) is 0 Å². The fraction of sp³-hybridized carbons (Fsp3) is 0.632. The van der Waals surface area contributed by atoms with Gasteiger partial charge in [0.15, 0.2) is 0 Å². The highest BCUT2D eigenvalue weighted by molar-refractivity contribution is 5.96. The molecule has 1 N–H and O–H groups in total.